The predicted molar refractivity (Wildman–Crippen MR) is 128 cm³/mol. The minimum absolute atomic E-state index is 0.0840. The number of benzene rings is 1. The minimum Gasteiger partial charge on any atom is -0.466 e. The van der Waals surface area contributed by atoms with Crippen LogP contribution in [0.4, 0.5) is 17.2 Å². The first-order chi connectivity index (χ1) is 15.1. The first-order valence-corrected chi connectivity index (χ1v) is 11.7. The van der Waals surface area contributed by atoms with Gasteiger partial charge in [-0.15, -0.1) is 11.6 Å². The molecule has 2 unspecified atom stereocenters. The van der Waals surface area contributed by atoms with Gasteiger partial charge >= 0.3 is 5.97 Å². The van der Waals surface area contributed by atoms with Gasteiger partial charge in [0.25, 0.3) is 0 Å². The number of fused-ring (bicyclic) bond motifs is 1. The molecule has 2 atom stereocenters. The number of carbonyl (C=O) groups excluding carboxylic acids is 1. The van der Waals surface area contributed by atoms with Crippen molar-refractivity contribution >= 4 is 34.8 Å². The number of alkyl halides is 1. The molecular formula is C24H33ClN4O2. The van der Waals surface area contributed by atoms with Crippen LogP contribution in [0.3, 0.4) is 0 Å². The van der Waals surface area contributed by atoms with Crippen LogP contribution >= 0.6 is 11.6 Å². The quantitative estimate of drug-likeness (QED) is 0.298. The summed E-state index contributed by atoms with van der Waals surface area (Å²) in [6.07, 6.45) is 6.31. The summed E-state index contributed by atoms with van der Waals surface area (Å²) < 4.78 is 5.25. The van der Waals surface area contributed by atoms with Crippen molar-refractivity contribution in [3.63, 3.8) is 0 Å². The Morgan fingerprint density at radius 1 is 1.19 bits per heavy atom. The molecule has 1 N–H and O–H groups in total. The summed E-state index contributed by atoms with van der Waals surface area (Å²) in [6, 6.07) is 12.2. The van der Waals surface area contributed by atoms with E-state index in [1.807, 2.05) is 38.4 Å². The lowest BCUT2D eigenvalue weighted by Crippen LogP contribution is -2.52. The Balaban J connectivity index is 1.84. The number of hydrogen-bond donors (Lipinski definition) is 1. The van der Waals surface area contributed by atoms with Crippen LogP contribution < -0.4 is 15.1 Å². The Kier molecular flexibility index (Phi) is 8.41. The number of unbranched alkanes of at least 4 members (excludes halogenated alkanes) is 2. The fourth-order valence-electron chi connectivity index (χ4n) is 4.05. The van der Waals surface area contributed by atoms with E-state index < -0.39 is 0 Å². The van der Waals surface area contributed by atoms with Crippen molar-refractivity contribution in [1.82, 2.24) is 4.98 Å². The molecule has 6 nitrogen and oxygen atoms in total. The lowest BCUT2D eigenvalue weighted by molar-refractivity contribution is -0.143. The molecule has 0 saturated heterocycles. The molecule has 0 aliphatic carbocycles. The number of nitrogens with one attached hydrogen (secondary N) is 1. The first kappa shape index (κ1) is 23.2. The van der Waals surface area contributed by atoms with Crippen LogP contribution in [0.2, 0.25) is 0 Å². The molecule has 2 heterocycles. The van der Waals surface area contributed by atoms with Gasteiger partial charge in [-0.3, -0.25) is 4.79 Å². The van der Waals surface area contributed by atoms with Gasteiger partial charge in [0, 0.05) is 13.2 Å². The third-order valence-corrected chi connectivity index (χ3v) is 5.93. The van der Waals surface area contributed by atoms with Crippen molar-refractivity contribution in [3.05, 3.63) is 48.2 Å². The molecule has 1 aromatic carbocycles. The molecule has 168 valence electrons. The van der Waals surface area contributed by atoms with E-state index >= 15 is 0 Å². The third-order valence-electron chi connectivity index (χ3n) is 5.66. The van der Waals surface area contributed by atoms with Gasteiger partial charge in [-0.25, -0.2) is 4.98 Å². The maximum Gasteiger partial charge on any atom is 0.309 e. The topological polar surface area (TPSA) is 57.7 Å². The Bertz CT molecular complexity index is 846. The summed E-state index contributed by atoms with van der Waals surface area (Å²) in [7, 11) is 2.02. The SMILES string of the molecule is CCCCCc1ccc(NC(CC(=O)OCC)N2c3ccccc3N(C)C2CCl)nc1. The number of nitrogens with zero attached hydrogens (tertiary/aromatic N) is 3. The van der Waals surface area contributed by atoms with Gasteiger partial charge in [-0.2, -0.15) is 0 Å². The Morgan fingerprint density at radius 3 is 2.61 bits per heavy atom. The van der Waals surface area contributed by atoms with E-state index in [1.165, 1.54) is 24.8 Å². The summed E-state index contributed by atoms with van der Waals surface area (Å²) in [5.74, 6) is 0.876. The molecule has 3 rings (SSSR count). The second-order valence-electron chi connectivity index (χ2n) is 7.82. The van der Waals surface area contributed by atoms with E-state index in [0.29, 0.717) is 12.5 Å². The minimum atomic E-state index is -0.340. The van der Waals surface area contributed by atoms with Crippen molar-refractivity contribution in [3.8, 4) is 0 Å². The highest BCUT2D eigenvalue weighted by Gasteiger charge is 2.38. The molecule has 1 aromatic heterocycles. The molecule has 0 amide bonds. The zero-order valence-corrected chi connectivity index (χ0v) is 19.4. The highest BCUT2D eigenvalue weighted by Crippen LogP contribution is 2.40. The third kappa shape index (κ3) is 5.62. The molecule has 0 bridgehead atoms. The van der Waals surface area contributed by atoms with Crippen LogP contribution in [0.1, 0.15) is 45.1 Å². The number of aryl methyl sites for hydroxylation is 1. The lowest BCUT2D eigenvalue weighted by atomic mass is 10.1. The van der Waals surface area contributed by atoms with Crippen molar-refractivity contribution in [1.29, 1.82) is 0 Å². The highest BCUT2D eigenvalue weighted by molar-refractivity contribution is 6.18. The molecule has 1 aliphatic heterocycles. The molecule has 7 heteroatoms. The van der Waals surface area contributed by atoms with Crippen molar-refractivity contribution < 1.29 is 9.53 Å². The van der Waals surface area contributed by atoms with Crippen molar-refractivity contribution in [2.75, 3.05) is 34.7 Å². The molecular weight excluding hydrogens is 412 g/mol. The number of esters is 1. The number of ether oxygens (including phenoxy) is 1. The largest absolute Gasteiger partial charge is 0.466 e. The monoisotopic (exact) mass is 444 g/mol. The lowest BCUT2D eigenvalue weighted by Gasteiger charge is -2.36. The van der Waals surface area contributed by atoms with Crippen LogP contribution in [0, 0.1) is 0 Å². The fraction of sp³-hybridized carbons (Fsp3) is 0.500. The summed E-state index contributed by atoms with van der Waals surface area (Å²) in [6.45, 7) is 4.38. The number of para-hydroxylation sites is 2. The van der Waals surface area contributed by atoms with E-state index in [2.05, 4.69) is 45.2 Å². The maximum atomic E-state index is 12.4. The average molecular weight is 445 g/mol. The van der Waals surface area contributed by atoms with Gasteiger partial charge in [0.1, 0.15) is 18.1 Å². The van der Waals surface area contributed by atoms with E-state index in [1.54, 1.807) is 0 Å². The molecule has 1 aliphatic rings. The highest BCUT2D eigenvalue weighted by atomic mass is 35.5. The number of aromatic nitrogens is 1. The van der Waals surface area contributed by atoms with E-state index in [-0.39, 0.29) is 24.7 Å². The van der Waals surface area contributed by atoms with Gasteiger partial charge in [0.05, 0.1) is 30.3 Å². The van der Waals surface area contributed by atoms with Crippen molar-refractivity contribution in [2.24, 2.45) is 0 Å². The van der Waals surface area contributed by atoms with Crippen molar-refractivity contribution in [2.45, 2.75) is 58.3 Å². The van der Waals surface area contributed by atoms with Gasteiger partial charge < -0.3 is 19.9 Å². The number of anilines is 3. The Morgan fingerprint density at radius 2 is 1.97 bits per heavy atom. The smallest absolute Gasteiger partial charge is 0.309 e. The zero-order chi connectivity index (χ0) is 22.2. The first-order valence-electron chi connectivity index (χ1n) is 11.1. The number of hydrogen-bond acceptors (Lipinski definition) is 6. The molecule has 0 radical (unpaired) electrons. The molecule has 31 heavy (non-hydrogen) atoms. The molecule has 0 fully saturated rings. The van der Waals surface area contributed by atoms with Crippen LogP contribution in [-0.2, 0) is 16.0 Å². The van der Waals surface area contributed by atoms with E-state index in [4.69, 9.17) is 16.3 Å². The molecule has 2 aromatic rings. The second kappa shape index (κ2) is 11.2. The van der Waals surface area contributed by atoms with Gasteiger partial charge in [0.15, 0.2) is 0 Å². The fourth-order valence-corrected chi connectivity index (χ4v) is 4.40. The van der Waals surface area contributed by atoms with Crippen LogP contribution in [0.15, 0.2) is 42.6 Å². The summed E-state index contributed by atoms with van der Waals surface area (Å²) in [5.41, 5.74) is 3.35. The summed E-state index contributed by atoms with van der Waals surface area (Å²) in [4.78, 5) is 21.4. The maximum absolute atomic E-state index is 12.4. The Labute approximate surface area is 190 Å². The number of rotatable bonds is 11. The van der Waals surface area contributed by atoms with E-state index in [0.717, 1.165) is 23.6 Å². The summed E-state index contributed by atoms with van der Waals surface area (Å²) >= 11 is 6.37. The summed E-state index contributed by atoms with van der Waals surface area (Å²) in [5, 5.41) is 3.46. The standard InChI is InChI=1S/C24H33ClN4O2/c1-4-6-7-10-18-13-14-21(26-17-18)27-22(15-24(30)31-5-2)29-20-12-9-8-11-19(20)28(3)23(29)16-25/h8-9,11-14,17,22-23H,4-7,10,15-16H2,1-3H3,(H,26,27). The predicted octanol–water partition coefficient (Wildman–Crippen LogP) is 5.03. The number of halogens is 1. The molecule has 0 saturated carbocycles. The normalized spacial score (nSPS) is 16.2. The van der Waals surface area contributed by atoms with Gasteiger partial charge in [-0.05, 0) is 43.5 Å². The van der Waals surface area contributed by atoms with Gasteiger partial charge in [0.2, 0.25) is 0 Å². The van der Waals surface area contributed by atoms with E-state index in [9.17, 15) is 4.79 Å². The van der Waals surface area contributed by atoms with Gasteiger partial charge in [-0.1, -0.05) is 38.0 Å². The van der Waals surface area contributed by atoms with Crippen LogP contribution in [0.25, 0.3) is 0 Å². The number of pyridine rings is 1. The van der Waals surface area contributed by atoms with Crippen LogP contribution in [-0.4, -0.2) is 42.8 Å². The van der Waals surface area contributed by atoms with Crippen LogP contribution in [0.5, 0.6) is 0 Å². The average Bonchev–Trinajstić information content (AvgIpc) is 3.06. The number of carbonyl (C=O) groups is 1. The Hall–Kier alpha value is -2.47. The zero-order valence-electron chi connectivity index (χ0n) is 18.7. The molecule has 0 spiro atoms. The second-order valence-corrected chi connectivity index (χ2v) is 8.13.